The number of carbonyl (C=O) groups excluding carboxylic acids is 10. The lowest BCUT2D eigenvalue weighted by atomic mass is 10.0. The fourth-order valence-electron chi connectivity index (χ4n) is 12.5. The van der Waals surface area contributed by atoms with Crippen LogP contribution in [0.4, 0.5) is 11.9 Å². The largest absolute Gasteiger partial charge is 0.507 e. The summed E-state index contributed by atoms with van der Waals surface area (Å²) in [6.45, 7) is 9.19. The number of methoxy groups -OCH3 is 5. The number of nitrogens with zero attached hydrogens (tertiary/aromatic N) is 10. The third-order valence-electron chi connectivity index (χ3n) is 18.9. The Morgan fingerprint density at radius 1 is 0.370 bits per heavy atom. The molecule has 10 aromatic carbocycles. The Morgan fingerprint density at radius 2 is 0.710 bits per heavy atom. The summed E-state index contributed by atoms with van der Waals surface area (Å²) < 4.78 is 57.6. The summed E-state index contributed by atoms with van der Waals surface area (Å²) in [6.07, 6.45) is 6.26. The minimum atomic E-state index is -1.09. The van der Waals surface area contributed by atoms with Crippen molar-refractivity contribution in [2.45, 2.75) is 0 Å². The molecule has 138 heavy (non-hydrogen) atoms. The van der Waals surface area contributed by atoms with E-state index in [-0.39, 0.29) is 47.6 Å². The van der Waals surface area contributed by atoms with E-state index in [1.165, 1.54) is 44.8 Å². The molecular weight excluding hydrogens is 2270 g/mol. The number of benzene rings is 10. The van der Waals surface area contributed by atoms with Gasteiger partial charge in [-0.25, -0.2) is 48.9 Å². The predicted molar refractivity (Wildman–Crippen MR) is 540 cm³/mol. The highest BCUT2D eigenvalue weighted by Crippen LogP contribution is 2.39. The molecule has 45 heteroatoms. The van der Waals surface area contributed by atoms with Gasteiger partial charge < -0.3 is 77.4 Å². The average Bonchev–Trinajstić information content (AvgIpc) is 0.814. The molecule has 3 aliphatic rings. The Hall–Kier alpha value is -11.9. The Kier molecular flexibility index (Phi) is 44.7. The molecular formula is C93H78BBr6Cl4N11O23. The van der Waals surface area contributed by atoms with Crippen molar-refractivity contribution in [1.82, 2.24) is 45.2 Å². The molecule has 0 atom stereocenters. The lowest BCUT2D eigenvalue weighted by Gasteiger charge is -2.26. The Morgan fingerprint density at radius 3 is 1.09 bits per heavy atom. The van der Waals surface area contributed by atoms with Crippen LogP contribution >= 0.6 is 141 Å². The van der Waals surface area contributed by atoms with Gasteiger partial charge in [-0.2, -0.15) is 15.0 Å². The number of fused-ring (bicyclic) bond motifs is 5. The van der Waals surface area contributed by atoms with Gasteiger partial charge in [0.2, 0.25) is 40.1 Å². The number of ketones is 4. The highest BCUT2D eigenvalue weighted by atomic mass is 79.9. The van der Waals surface area contributed by atoms with Gasteiger partial charge in [0.1, 0.15) is 33.9 Å². The SMILES string of the molecule is BrB(Br)Br.C1COCCN1.COC(=O)C(=O)Cl.COC(=O)C(=O)c1ccc(O)c2ccccc12.COC(=O)C(=O)c1ccc(Oc2ccnc(N3CCOCC3)n2)c2ccccc12.COC(=O)C(=O)c1ccc(Oc2nc(Cl)ncc2Br)c2ccccc12.COC(=O)C(=O)c1ccc(Oc2nc(N3CCOCC3)ncc2Br)c2ccccc12.Clc1ncc(Br)c(Cl)n1.Oc1cccc2ccccc12. The monoisotopic (exact) mass is 2340 g/mol. The number of nitrogens with one attached hydrogen (secondary N) is 1. The third-order valence-corrected chi connectivity index (χ3v) is 21.6. The molecule has 4 aromatic heterocycles. The molecule has 0 bridgehead atoms. The minimum Gasteiger partial charge on any atom is -0.507 e. The maximum Gasteiger partial charge on any atom is 0.391 e. The van der Waals surface area contributed by atoms with Crippen molar-refractivity contribution in [2.75, 3.05) is 124 Å². The van der Waals surface area contributed by atoms with Gasteiger partial charge in [0.05, 0.1) is 94.8 Å². The molecule has 7 heterocycles. The van der Waals surface area contributed by atoms with Crippen LogP contribution in [0.15, 0.2) is 232 Å². The van der Waals surface area contributed by atoms with Crippen LogP contribution in [-0.4, -0.2) is 226 Å². The number of aromatic nitrogens is 8. The second-order valence-electron chi connectivity index (χ2n) is 27.4. The molecule has 3 saturated heterocycles. The number of halogens is 10. The highest BCUT2D eigenvalue weighted by Gasteiger charge is 2.27. The number of hydrogen-bond donors (Lipinski definition) is 3. The summed E-state index contributed by atoms with van der Waals surface area (Å²) in [6, 6.07) is 55.5. The Balaban J connectivity index is 0.000000185. The number of aromatic hydroxyl groups is 2. The van der Waals surface area contributed by atoms with E-state index in [9.17, 15) is 58.2 Å². The van der Waals surface area contributed by atoms with Crippen LogP contribution in [0.3, 0.4) is 0 Å². The van der Waals surface area contributed by atoms with Crippen LogP contribution in [0.2, 0.25) is 15.7 Å². The molecule has 3 fully saturated rings. The minimum absolute atomic E-state index is 0.0417. The fourth-order valence-corrected chi connectivity index (χ4v) is 13.7. The molecule has 0 aliphatic carbocycles. The van der Waals surface area contributed by atoms with Crippen molar-refractivity contribution in [1.29, 1.82) is 0 Å². The van der Waals surface area contributed by atoms with Gasteiger partial charge in [-0.3, -0.25) is 24.0 Å². The van der Waals surface area contributed by atoms with Crippen LogP contribution < -0.4 is 29.3 Å². The molecule has 17 rings (SSSR count). The number of hydrogen-bond acceptors (Lipinski definition) is 34. The van der Waals surface area contributed by atoms with E-state index < -0.39 is 58.2 Å². The lowest BCUT2D eigenvalue weighted by molar-refractivity contribution is -0.148. The summed E-state index contributed by atoms with van der Waals surface area (Å²) >= 11 is 40.5. The molecule has 34 nitrogen and oxygen atoms in total. The van der Waals surface area contributed by atoms with Crippen molar-refractivity contribution < 1.29 is 110 Å². The second-order valence-corrected chi connectivity index (χ2v) is 37.8. The lowest BCUT2D eigenvalue weighted by Crippen LogP contribution is -2.37. The van der Waals surface area contributed by atoms with Gasteiger partial charge in [0.15, 0.2) is 0 Å². The number of phenols is 2. The summed E-state index contributed by atoms with van der Waals surface area (Å²) in [5.41, 5.74) is 0.969. The molecule has 0 saturated carbocycles. The molecule has 0 unspecified atom stereocenters. The number of anilines is 2. The van der Waals surface area contributed by atoms with Crippen molar-refractivity contribution in [3.8, 4) is 46.4 Å². The number of ether oxygens (including phenoxy) is 11. The van der Waals surface area contributed by atoms with Gasteiger partial charge in [-0.1, -0.05) is 145 Å². The summed E-state index contributed by atoms with van der Waals surface area (Å²) in [7, 11) is 5.77. The molecule has 0 radical (unpaired) electrons. The maximum atomic E-state index is 12.4. The zero-order chi connectivity index (χ0) is 99.9. The van der Waals surface area contributed by atoms with Gasteiger partial charge in [-0.05, 0) is 164 Å². The fraction of sp³-hybridized carbons (Fsp3) is 0.183. The first-order valence-electron chi connectivity index (χ1n) is 40.4. The van der Waals surface area contributed by atoms with Crippen LogP contribution in [-0.2, 0) is 66.7 Å². The Labute approximate surface area is 857 Å². The predicted octanol–water partition coefficient (Wildman–Crippen LogP) is 18.9. The first-order valence-corrected chi connectivity index (χ1v) is 47.0. The first-order chi connectivity index (χ1) is 66.4. The third kappa shape index (κ3) is 32.1. The van der Waals surface area contributed by atoms with E-state index >= 15 is 0 Å². The number of phenolic OH excluding ortho intramolecular Hbond substituents is 2. The van der Waals surface area contributed by atoms with Crippen LogP contribution in [0, 0.1) is 0 Å². The first kappa shape index (κ1) is 110. The Bertz CT molecular complexity index is 6690. The highest BCUT2D eigenvalue weighted by molar-refractivity contribution is 9.69. The van der Waals surface area contributed by atoms with Gasteiger partial charge in [0, 0.05) is 113 Å². The van der Waals surface area contributed by atoms with E-state index in [1.54, 1.807) is 128 Å². The average molecular weight is 2350 g/mol. The van der Waals surface area contributed by atoms with Crippen molar-refractivity contribution in [2.24, 2.45) is 0 Å². The molecule has 716 valence electrons. The van der Waals surface area contributed by atoms with Crippen molar-refractivity contribution in [3.05, 3.63) is 270 Å². The molecule has 3 N–H and O–H groups in total. The van der Waals surface area contributed by atoms with Crippen molar-refractivity contribution in [3.63, 3.8) is 0 Å². The number of esters is 5. The zero-order valence-corrected chi connectivity index (χ0v) is 85.6. The van der Waals surface area contributed by atoms with E-state index in [0.29, 0.717) is 148 Å². The number of morpholine rings is 3. The van der Waals surface area contributed by atoms with E-state index in [1.807, 2.05) is 70.5 Å². The van der Waals surface area contributed by atoms with Gasteiger partial charge in [-0.15, -0.1) is 47.3 Å². The van der Waals surface area contributed by atoms with E-state index in [2.05, 4.69) is 176 Å². The van der Waals surface area contributed by atoms with Crippen LogP contribution in [0.25, 0.3) is 53.9 Å². The zero-order valence-electron chi connectivity index (χ0n) is 73.1. The maximum absolute atomic E-state index is 12.4. The quantitative estimate of drug-likeness (QED) is 0.0111. The normalized spacial score (nSPS) is 12.2. The van der Waals surface area contributed by atoms with Gasteiger partial charge >= 0.3 is 38.3 Å². The second kappa shape index (κ2) is 56.2. The number of rotatable bonds is 17. The molecule has 14 aromatic rings. The van der Waals surface area contributed by atoms with Crippen molar-refractivity contribution >= 4 is 269 Å². The van der Waals surface area contributed by atoms with Crippen LogP contribution in [0.1, 0.15) is 41.4 Å². The number of Topliss-reactive ketones (excluding diaryl/α,β-unsaturated/α-hetero) is 4. The topological polar surface area (TPSA) is 434 Å². The smallest absolute Gasteiger partial charge is 0.391 e. The molecule has 0 amide bonds. The molecule has 0 spiro atoms. The number of carbonyl (C=O) groups is 10. The summed E-state index contributed by atoms with van der Waals surface area (Å²) in [4.78, 5) is 151. The summed E-state index contributed by atoms with van der Waals surface area (Å²) in [5, 5.41) is 28.4. The molecule has 3 aliphatic heterocycles. The van der Waals surface area contributed by atoms with Gasteiger partial charge in [0.25, 0.3) is 23.1 Å². The van der Waals surface area contributed by atoms with E-state index in [4.69, 9.17) is 63.2 Å². The summed E-state index contributed by atoms with van der Waals surface area (Å²) in [5.74, 6) is -3.55. The van der Waals surface area contributed by atoms with E-state index in [0.717, 1.165) is 71.5 Å². The standard InChI is InChI=1S/C21H18BrN3O5.C21H19N3O5.C17H10BrClN2O4.C13H10O4.C10H8O.C4HBrCl2N2.C4H9NO.C3H3ClO3.BBr3/c1-28-20(27)18(26)15-6-7-17(14-5-3-2-4-13(14)15)30-19-16(22)12-23-21(24-19)25-8-10-29-11-9-25;1-27-20(26)19(25)16-6-7-17(15-5-3-2-4-14(15)16)29-18-8-9-22-21(23-18)24-10-12-28-13-11-24;1-24-16(23)14(22)11-6-7-13(10-5-3-2-4-9(10)11)25-15-12(18)8-20-17(19)21-15;1-17-13(16)12(15)10-6-7-11(14)9-5-3-2-4-8(9)10;11-10-7-3-5-8-4-1-2-6-9(8)10;5-2-1-8-4(7)9-3(2)6;1-3-6-4-2-5-1;1-7-3(6)2(4)5;2-1(3)4/h2-7,12H,8-11H2,1H3;2-9H,10-13H2,1H3;2-8H,1H3;2-7,14H,1H3;1-7,11H;1H;5H,1-4H2;1H3;. The van der Waals surface area contributed by atoms with Crippen LogP contribution in [0.5, 0.6) is 46.4 Å².